The SMILES string of the molecule is CC(=O)N1CCC(NCC2CCS(=O)(=O)C2)CC1. The molecule has 1 amide bonds. The fourth-order valence-corrected chi connectivity index (χ4v) is 4.63. The fraction of sp³-hybridized carbons (Fsp3) is 0.917. The highest BCUT2D eigenvalue weighted by atomic mass is 32.2. The highest BCUT2D eigenvalue weighted by molar-refractivity contribution is 7.91. The molecule has 0 aromatic rings. The second-order valence-corrected chi connectivity index (χ2v) is 7.69. The third kappa shape index (κ3) is 3.68. The maximum Gasteiger partial charge on any atom is 0.219 e. The molecular weight excluding hydrogens is 252 g/mol. The maximum atomic E-state index is 11.3. The van der Waals surface area contributed by atoms with Crippen LogP contribution in [0.1, 0.15) is 26.2 Å². The maximum absolute atomic E-state index is 11.3. The van der Waals surface area contributed by atoms with E-state index in [1.807, 2.05) is 4.90 Å². The molecule has 2 saturated heterocycles. The van der Waals surface area contributed by atoms with Crippen LogP contribution >= 0.6 is 0 Å². The Labute approximate surface area is 109 Å². The molecule has 0 aromatic carbocycles. The first-order valence-electron chi connectivity index (χ1n) is 6.65. The number of carbonyl (C=O) groups is 1. The van der Waals surface area contributed by atoms with Gasteiger partial charge in [0, 0.05) is 26.1 Å². The zero-order valence-electron chi connectivity index (χ0n) is 10.9. The number of sulfone groups is 1. The Hall–Kier alpha value is -0.620. The number of nitrogens with zero attached hydrogens (tertiary/aromatic N) is 1. The van der Waals surface area contributed by atoms with Gasteiger partial charge in [0.15, 0.2) is 9.84 Å². The third-order valence-corrected chi connectivity index (χ3v) is 5.80. The second-order valence-electron chi connectivity index (χ2n) is 5.46. The van der Waals surface area contributed by atoms with Crippen molar-refractivity contribution in [3.63, 3.8) is 0 Å². The molecule has 6 heteroatoms. The van der Waals surface area contributed by atoms with Crippen molar-refractivity contribution in [2.75, 3.05) is 31.1 Å². The van der Waals surface area contributed by atoms with Crippen LogP contribution < -0.4 is 5.32 Å². The van der Waals surface area contributed by atoms with E-state index in [2.05, 4.69) is 5.32 Å². The summed E-state index contributed by atoms with van der Waals surface area (Å²) in [5.41, 5.74) is 0. The standard InChI is InChI=1S/C12H22N2O3S/c1-10(15)14-5-2-12(3-6-14)13-8-11-4-7-18(16,17)9-11/h11-13H,2-9H2,1H3. The first kappa shape index (κ1) is 13.8. The van der Waals surface area contributed by atoms with Crippen LogP contribution in [0, 0.1) is 5.92 Å². The van der Waals surface area contributed by atoms with E-state index in [4.69, 9.17) is 0 Å². The number of carbonyl (C=O) groups excluding carboxylic acids is 1. The highest BCUT2D eigenvalue weighted by Crippen LogP contribution is 2.18. The van der Waals surface area contributed by atoms with Crippen LogP contribution in [-0.2, 0) is 14.6 Å². The summed E-state index contributed by atoms with van der Waals surface area (Å²) in [7, 11) is -2.76. The lowest BCUT2D eigenvalue weighted by Crippen LogP contribution is -2.45. The molecule has 0 aliphatic carbocycles. The molecule has 104 valence electrons. The van der Waals surface area contributed by atoms with Crippen LogP contribution in [0.4, 0.5) is 0 Å². The van der Waals surface area contributed by atoms with Crippen molar-refractivity contribution in [3.8, 4) is 0 Å². The molecular formula is C12H22N2O3S. The highest BCUT2D eigenvalue weighted by Gasteiger charge is 2.28. The van der Waals surface area contributed by atoms with Gasteiger partial charge in [0.1, 0.15) is 0 Å². The summed E-state index contributed by atoms with van der Waals surface area (Å²) in [6.45, 7) is 4.03. The molecule has 0 radical (unpaired) electrons. The van der Waals surface area contributed by atoms with Gasteiger partial charge in [-0.05, 0) is 31.7 Å². The van der Waals surface area contributed by atoms with Crippen molar-refractivity contribution in [2.24, 2.45) is 5.92 Å². The van der Waals surface area contributed by atoms with Crippen LogP contribution in [-0.4, -0.2) is 56.4 Å². The van der Waals surface area contributed by atoms with E-state index in [1.54, 1.807) is 6.92 Å². The molecule has 18 heavy (non-hydrogen) atoms. The molecule has 5 nitrogen and oxygen atoms in total. The molecule has 1 N–H and O–H groups in total. The summed E-state index contributed by atoms with van der Waals surface area (Å²) in [6.07, 6.45) is 2.74. The predicted octanol–water partition coefficient (Wildman–Crippen LogP) is 0.0216. The van der Waals surface area contributed by atoms with Crippen molar-refractivity contribution in [1.82, 2.24) is 10.2 Å². The number of piperidine rings is 1. The van der Waals surface area contributed by atoms with E-state index in [0.29, 0.717) is 17.5 Å². The first-order chi connectivity index (χ1) is 8.46. The molecule has 0 bridgehead atoms. The number of hydrogen-bond donors (Lipinski definition) is 1. The molecule has 0 spiro atoms. The summed E-state index contributed by atoms with van der Waals surface area (Å²) >= 11 is 0. The van der Waals surface area contributed by atoms with Crippen LogP contribution in [0.5, 0.6) is 0 Å². The summed E-state index contributed by atoms with van der Waals surface area (Å²) < 4.78 is 22.7. The Kier molecular flexibility index (Phi) is 4.27. The summed E-state index contributed by atoms with van der Waals surface area (Å²) in [6, 6.07) is 0.434. The first-order valence-corrected chi connectivity index (χ1v) is 8.48. The molecule has 0 saturated carbocycles. The number of likely N-dealkylation sites (tertiary alicyclic amines) is 1. The lowest BCUT2D eigenvalue weighted by Gasteiger charge is -2.32. The van der Waals surface area contributed by atoms with E-state index >= 15 is 0 Å². The average Bonchev–Trinajstić information content (AvgIpc) is 2.67. The van der Waals surface area contributed by atoms with Gasteiger partial charge in [-0.25, -0.2) is 8.42 Å². The quantitative estimate of drug-likeness (QED) is 0.788. The van der Waals surface area contributed by atoms with Crippen LogP contribution in [0.25, 0.3) is 0 Å². The molecule has 2 fully saturated rings. The number of nitrogens with one attached hydrogen (secondary N) is 1. The molecule has 2 aliphatic rings. The van der Waals surface area contributed by atoms with Gasteiger partial charge in [-0.2, -0.15) is 0 Å². The monoisotopic (exact) mass is 274 g/mol. The number of hydrogen-bond acceptors (Lipinski definition) is 4. The summed E-state index contributed by atoms with van der Waals surface area (Å²) in [4.78, 5) is 13.1. The van der Waals surface area contributed by atoms with E-state index in [0.717, 1.165) is 38.9 Å². The van der Waals surface area contributed by atoms with Crippen LogP contribution in [0.3, 0.4) is 0 Å². The zero-order chi connectivity index (χ0) is 13.2. The molecule has 1 atom stereocenters. The van der Waals surface area contributed by atoms with Crippen LogP contribution in [0.2, 0.25) is 0 Å². The Morgan fingerprint density at radius 1 is 1.28 bits per heavy atom. The van der Waals surface area contributed by atoms with Gasteiger partial charge in [0.25, 0.3) is 0 Å². The smallest absolute Gasteiger partial charge is 0.219 e. The van der Waals surface area contributed by atoms with Crippen LogP contribution in [0.15, 0.2) is 0 Å². The topological polar surface area (TPSA) is 66.5 Å². The van der Waals surface area contributed by atoms with E-state index in [9.17, 15) is 13.2 Å². The zero-order valence-corrected chi connectivity index (χ0v) is 11.7. The van der Waals surface area contributed by atoms with Crippen molar-refractivity contribution in [3.05, 3.63) is 0 Å². The molecule has 1 unspecified atom stereocenters. The van der Waals surface area contributed by atoms with Crippen molar-refractivity contribution in [1.29, 1.82) is 0 Å². The van der Waals surface area contributed by atoms with E-state index in [1.165, 1.54) is 0 Å². The minimum absolute atomic E-state index is 0.148. The van der Waals surface area contributed by atoms with Crippen molar-refractivity contribution < 1.29 is 13.2 Å². The average molecular weight is 274 g/mol. The minimum atomic E-state index is -2.76. The van der Waals surface area contributed by atoms with Gasteiger partial charge in [-0.1, -0.05) is 0 Å². The predicted molar refractivity (Wildman–Crippen MR) is 70.0 cm³/mol. The summed E-state index contributed by atoms with van der Waals surface area (Å²) in [5.74, 6) is 1.12. The molecule has 2 heterocycles. The number of amides is 1. The Morgan fingerprint density at radius 3 is 2.44 bits per heavy atom. The minimum Gasteiger partial charge on any atom is -0.343 e. The lowest BCUT2D eigenvalue weighted by molar-refractivity contribution is -0.129. The lowest BCUT2D eigenvalue weighted by atomic mass is 10.0. The van der Waals surface area contributed by atoms with Gasteiger partial charge >= 0.3 is 0 Å². The van der Waals surface area contributed by atoms with Gasteiger partial charge in [0.05, 0.1) is 11.5 Å². The van der Waals surface area contributed by atoms with Gasteiger partial charge in [0.2, 0.25) is 5.91 Å². The fourth-order valence-electron chi connectivity index (χ4n) is 2.76. The Bertz CT molecular complexity index is 400. The largest absolute Gasteiger partial charge is 0.343 e. The Balaban J connectivity index is 1.68. The van der Waals surface area contributed by atoms with Gasteiger partial charge < -0.3 is 10.2 Å². The molecule has 2 aliphatic heterocycles. The third-order valence-electron chi connectivity index (χ3n) is 3.96. The van der Waals surface area contributed by atoms with Gasteiger partial charge in [-0.3, -0.25) is 4.79 Å². The van der Waals surface area contributed by atoms with E-state index in [-0.39, 0.29) is 11.8 Å². The van der Waals surface area contributed by atoms with Gasteiger partial charge in [-0.15, -0.1) is 0 Å². The molecule has 0 aromatic heterocycles. The second kappa shape index (κ2) is 5.57. The van der Waals surface area contributed by atoms with Crippen molar-refractivity contribution >= 4 is 15.7 Å². The number of rotatable bonds is 3. The van der Waals surface area contributed by atoms with E-state index < -0.39 is 9.84 Å². The van der Waals surface area contributed by atoms with Crippen molar-refractivity contribution in [2.45, 2.75) is 32.2 Å². The molecule has 2 rings (SSSR count). The Morgan fingerprint density at radius 2 is 1.94 bits per heavy atom. The normalized spacial score (nSPS) is 28.5. The summed E-state index contributed by atoms with van der Waals surface area (Å²) in [5, 5.41) is 3.46.